The van der Waals surface area contributed by atoms with Crippen LogP contribution in [-0.4, -0.2) is 5.54 Å². The van der Waals surface area contributed by atoms with Crippen molar-refractivity contribution in [2.24, 2.45) is 0 Å². The van der Waals surface area contributed by atoms with Crippen molar-refractivity contribution in [1.29, 1.82) is 0 Å². The highest BCUT2D eigenvalue weighted by atomic mass is 15.0. The molecule has 0 radical (unpaired) electrons. The zero-order chi connectivity index (χ0) is 21.8. The second-order valence-corrected chi connectivity index (χ2v) is 8.90. The summed E-state index contributed by atoms with van der Waals surface area (Å²) < 4.78 is 0. The van der Waals surface area contributed by atoms with Gasteiger partial charge in [0, 0.05) is 16.6 Å². The smallest absolute Gasteiger partial charge is 0.0437 e. The zero-order valence-electron chi connectivity index (χ0n) is 19.8. The molecule has 0 saturated heterocycles. The fraction of sp³-hybridized carbons (Fsp3) is 0.448. The average molecular weight is 402 g/mol. The molecule has 160 valence electrons. The third-order valence-electron chi connectivity index (χ3n) is 7.36. The van der Waals surface area contributed by atoms with E-state index < -0.39 is 0 Å². The van der Waals surface area contributed by atoms with Gasteiger partial charge >= 0.3 is 0 Å². The van der Waals surface area contributed by atoms with E-state index in [1.807, 2.05) is 13.8 Å². The van der Waals surface area contributed by atoms with Crippen LogP contribution in [0.4, 0.5) is 5.69 Å². The summed E-state index contributed by atoms with van der Waals surface area (Å²) in [5.74, 6) is 0. The Labute approximate surface area is 184 Å². The Hall–Kier alpha value is -2.28. The summed E-state index contributed by atoms with van der Waals surface area (Å²) in [4.78, 5) is 0. The molecular formula is C29H39N. The second-order valence-electron chi connectivity index (χ2n) is 8.90. The lowest BCUT2D eigenvalue weighted by molar-refractivity contribution is 0.273. The van der Waals surface area contributed by atoms with Gasteiger partial charge in [-0.1, -0.05) is 89.6 Å². The van der Waals surface area contributed by atoms with E-state index in [1.54, 1.807) is 0 Å². The molecule has 2 unspecified atom stereocenters. The molecule has 1 aliphatic heterocycles. The van der Waals surface area contributed by atoms with Crippen molar-refractivity contribution < 1.29 is 0 Å². The van der Waals surface area contributed by atoms with Gasteiger partial charge in [0.15, 0.2) is 0 Å². The SMILES string of the molecule is CC.CCCC1(C)c2cc(C3=CC=C(c4ccccc4)CC3)ccc2NC1(C)CC. The molecule has 2 aromatic rings. The number of benzene rings is 2. The van der Waals surface area contributed by atoms with Gasteiger partial charge in [-0.3, -0.25) is 0 Å². The third-order valence-corrected chi connectivity index (χ3v) is 7.36. The Morgan fingerprint density at radius 2 is 1.47 bits per heavy atom. The molecule has 0 spiro atoms. The minimum Gasteiger partial charge on any atom is -0.379 e. The van der Waals surface area contributed by atoms with Crippen LogP contribution in [0.1, 0.15) is 90.3 Å². The first kappa shape index (κ1) is 22.4. The fourth-order valence-corrected chi connectivity index (χ4v) is 5.20. The molecule has 0 fully saturated rings. The molecule has 0 saturated carbocycles. The monoisotopic (exact) mass is 401 g/mol. The number of nitrogens with one attached hydrogen (secondary N) is 1. The third kappa shape index (κ3) is 3.87. The molecule has 1 heterocycles. The van der Waals surface area contributed by atoms with Crippen molar-refractivity contribution in [2.75, 3.05) is 5.32 Å². The summed E-state index contributed by atoms with van der Waals surface area (Å²) in [5, 5.41) is 3.86. The van der Waals surface area contributed by atoms with Gasteiger partial charge in [0.25, 0.3) is 0 Å². The predicted molar refractivity (Wildman–Crippen MR) is 134 cm³/mol. The largest absolute Gasteiger partial charge is 0.379 e. The number of hydrogen-bond donors (Lipinski definition) is 1. The Balaban J connectivity index is 0.00000124. The van der Waals surface area contributed by atoms with E-state index in [4.69, 9.17) is 0 Å². The first-order valence-corrected chi connectivity index (χ1v) is 11.9. The molecule has 1 aliphatic carbocycles. The van der Waals surface area contributed by atoms with Crippen LogP contribution in [0.3, 0.4) is 0 Å². The first-order valence-electron chi connectivity index (χ1n) is 11.9. The lowest BCUT2D eigenvalue weighted by Gasteiger charge is -2.41. The van der Waals surface area contributed by atoms with Gasteiger partial charge in [0.05, 0.1) is 0 Å². The Morgan fingerprint density at radius 1 is 0.833 bits per heavy atom. The molecule has 2 atom stereocenters. The van der Waals surface area contributed by atoms with E-state index in [2.05, 4.69) is 93.7 Å². The van der Waals surface area contributed by atoms with E-state index in [0.29, 0.717) is 0 Å². The van der Waals surface area contributed by atoms with Crippen molar-refractivity contribution in [2.45, 2.75) is 84.6 Å². The molecule has 2 aliphatic rings. The summed E-state index contributed by atoms with van der Waals surface area (Å²) in [6.45, 7) is 13.5. The molecular weight excluding hydrogens is 362 g/mol. The summed E-state index contributed by atoms with van der Waals surface area (Å²) in [6.07, 6.45) is 10.5. The molecule has 0 bridgehead atoms. The first-order chi connectivity index (χ1) is 14.5. The summed E-state index contributed by atoms with van der Waals surface area (Å²) in [5.41, 5.74) is 8.81. The van der Waals surface area contributed by atoms with Crippen LogP contribution in [0, 0.1) is 0 Å². The summed E-state index contributed by atoms with van der Waals surface area (Å²) >= 11 is 0. The van der Waals surface area contributed by atoms with E-state index in [9.17, 15) is 0 Å². The highest BCUT2D eigenvalue weighted by Crippen LogP contribution is 2.52. The van der Waals surface area contributed by atoms with Crippen LogP contribution in [0.15, 0.2) is 60.7 Å². The molecule has 30 heavy (non-hydrogen) atoms. The van der Waals surface area contributed by atoms with Gasteiger partial charge in [-0.15, -0.1) is 0 Å². The van der Waals surface area contributed by atoms with E-state index in [0.717, 1.165) is 19.3 Å². The zero-order valence-corrected chi connectivity index (χ0v) is 19.8. The normalized spacial score (nSPS) is 24.7. The number of rotatable bonds is 5. The van der Waals surface area contributed by atoms with Crippen molar-refractivity contribution in [3.05, 3.63) is 77.4 Å². The quantitative estimate of drug-likeness (QED) is 0.528. The van der Waals surface area contributed by atoms with Crippen molar-refractivity contribution in [3.63, 3.8) is 0 Å². The maximum Gasteiger partial charge on any atom is 0.0437 e. The van der Waals surface area contributed by atoms with Crippen LogP contribution in [0.5, 0.6) is 0 Å². The second kappa shape index (κ2) is 9.25. The molecule has 2 aromatic carbocycles. The highest BCUT2D eigenvalue weighted by molar-refractivity contribution is 5.80. The van der Waals surface area contributed by atoms with Crippen molar-refractivity contribution in [1.82, 2.24) is 0 Å². The minimum atomic E-state index is 0.130. The number of hydrogen-bond acceptors (Lipinski definition) is 1. The predicted octanol–water partition coefficient (Wildman–Crippen LogP) is 8.63. The topological polar surface area (TPSA) is 12.0 Å². The van der Waals surface area contributed by atoms with Crippen LogP contribution < -0.4 is 5.32 Å². The Kier molecular flexibility index (Phi) is 6.91. The van der Waals surface area contributed by atoms with Gasteiger partial charge in [0.2, 0.25) is 0 Å². The van der Waals surface area contributed by atoms with Gasteiger partial charge in [0.1, 0.15) is 0 Å². The highest BCUT2D eigenvalue weighted by Gasteiger charge is 2.50. The standard InChI is InChI=1S/C27H33N.C2H6/c1-5-18-26(3)24-19-23(16-17-25(24)28-27(26,4)6-2)22-14-12-21(13-15-22)20-10-8-7-9-11-20;1-2/h7-12,14,16-17,19,28H,5-6,13,15,18H2,1-4H3;1-2H3. The number of anilines is 1. The van der Waals surface area contributed by atoms with Crippen molar-refractivity contribution >= 4 is 16.8 Å². The van der Waals surface area contributed by atoms with Crippen molar-refractivity contribution in [3.8, 4) is 0 Å². The van der Waals surface area contributed by atoms with Gasteiger partial charge in [-0.2, -0.15) is 0 Å². The van der Waals surface area contributed by atoms with Crippen LogP contribution in [0.2, 0.25) is 0 Å². The van der Waals surface area contributed by atoms with Crippen LogP contribution in [-0.2, 0) is 5.41 Å². The van der Waals surface area contributed by atoms with Gasteiger partial charge in [-0.25, -0.2) is 0 Å². The van der Waals surface area contributed by atoms with Crippen LogP contribution in [0.25, 0.3) is 11.1 Å². The number of fused-ring (bicyclic) bond motifs is 1. The minimum absolute atomic E-state index is 0.130. The summed E-state index contributed by atoms with van der Waals surface area (Å²) in [6, 6.07) is 17.9. The summed E-state index contributed by atoms with van der Waals surface area (Å²) in [7, 11) is 0. The van der Waals surface area contributed by atoms with Gasteiger partial charge < -0.3 is 5.32 Å². The van der Waals surface area contributed by atoms with Gasteiger partial charge in [-0.05, 0) is 72.6 Å². The Bertz CT molecular complexity index is 921. The van der Waals surface area contributed by atoms with E-state index in [1.165, 1.54) is 46.4 Å². The number of allylic oxidation sites excluding steroid dienone is 4. The van der Waals surface area contributed by atoms with E-state index in [-0.39, 0.29) is 11.0 Å². The average Bonchev–Trinajstić information content (AvgIpc) is 3.03. The fourth-order valence-electron chi connectivity index (χ4n) is 5.20. The maximum absolute atomic E-state index is 3.86. The maximum atomic E-state index is 3.86. The van der Waals surface area contributed by atoms with Crippen LogP contribution >= 0.6 is 0 Å². The lowest BCUT2D eigenvalue weighted by Crippen LogP contribution is -2.47. The Morgan fingerprint density at radius 3 is 2.03 bits per heavy atom. The molecule has 0 aromatic heterocycles. The lowest BCUT2D eigenvalue weighted by atomic mass is 9.66. The molecule has 4 rings (SSSR count). The van der Waals surface area contributed by atoms with E-state index >= 15 is 0 Å². The molecule has 1 heteroatoms. The molecule has 1 N–H and O–H groups in total. The molecule has 0 amide bonds. The molecule has 1 nitrogen and oxygen atoms in total.